The fraction of sp³-hybridized carbons (Fsp3) is 0.111. The van der Waals surface area contributed by atoms with Crippen molar-refractivity contribution in [1.29, 1.82) is 0 Å². The van der Waals surface area contributed by atoms with Crippen molar-refractivity contribution in [2.45, 2.75) is 6.92 Å². The van der Waals surface area contributed by atoms with Gasteiger partial charge in [0.15, 0.2) is 0 Å². The lowest BCUT2D eigenvalue weighted by Crippen LogP contribution is -2.40. The third-order valence-electron chi connectivity index (χ3n) is 3.16. The zero-order chi connectivity index (χ0) is 16.7. The van der Waals surface area contributed by atoms with Gasteiger partial charge in [0.1, 0.15) is 5.75 Å². The molecule has 0 aliphatic heterocycles. The van der Waals surface area contributed by atoms with E-state index in [9.17, 15) is 9.59 Å². The smallest absolute Gasteiger partial charge is 0.269 e. The van der Waals surface area contributed by atoms with Crippen molar-refractivity contribution in [1.82, 2.24) is 10.9 Å². The van der Waals surface area contributed by atoms with E-state index in [1.807, 2.05) is 31.2 Å². The van der Waals surface area contributed by atoms with Gasteiger partial charge in [-0.05, 0) is 42.8 Å². The van der Waals surface area contributed by atoms with Gasteiger partial charge in [-0.1, -0.05) is 29.8 Å². The zero-order valence-corrected chi connectivity index (χ0v) is 13.0. The molecule has 118 valence electrons. The van der Waals surface area contributed by atoms with Crippen molar-refractivity contribution in [3.8, 4) is 5.75 Å². The maximum atomic E-state index is 11.9. The Labute approximate surface area is 134 Å². The Kier molecular flexibility index (Phi) is 5.52. The van der Waals surface area contributed by atoms with Crippen molar-refractivity contribution in [2.24, 2.45) is 0 Å². The van der Waals surface area contributed by atoms with Crippen LogP contribution in [0.1, 0.15) is 21.5 Å². The minimum Gasteiger partial charge on any atom is -0.497 e. The molecule has 0 aliphatic carbocycles. The third-order valence-corrected chi connectivity index (χ3v) is 3.16. The fourth-order valence-corrected chi connectivity index (χ4v) is 1.82. The number of hydrogen-bond acceptors (Lipinski definition) is 3. The Morgan fingerprint density at radius 2 is 1.61 bits per heavy atom. The molecule has 5 heteroatoms. The van der Waals surface area contributed by atoms with Gasteiger partial charge in [-0.2, -0.15) is 0 Å². The number of benzene rings is 2. The molecule has 0 spiro atoms. The Balaban J connectivity index is 1.85. The molecule has 5 nitrogen and oxygen atoms in total. The van der Waals surface area contributed by atoms with Gasteiger partial charge in [-0.3, -0.25) is 20.4 Å². The van der Waals surface area contributed by atoms with Crippen LogP contribution in [0.25, 0.3) is 6.08 Å². The highest BCUT2D eigenvalue weighted by Crippen LogP contribution is 2.10. The molecule has 0 aliphatic rings. The predicted octanol–water partition coefficient (Wildman–Crippen LogP) is 2.48. The van der Waals surface area contributed by atoms with Crippen LogP contribution in [-0.4, -0.2) is 18.9 Å². The standard InChI is InChI=1S/C18H18N2O3/c1-13-3-5-14(6-4-13)7-12-17(21)19-20-18(22)15-8-10-16(23-2)11-9-15/h3-12H,1-2H3,(H,19,21)(H,20,22). The van der Waals surface area contributed by atoms with E-state index < -0.39 is 11.8 Å². The average molecular weight is 310 g/mol. The van der Waals surface area contributed by atoms with Crippen molar-refractivity contribution in [3.63, 3.8) is 0 Å². The molecular formula is C18H18N2O3. The molecule has 2 aromatic rings. The highest BCUT2D eigenvalue weighted by Gasteiger charge is 2.05. The van der Waals surface area contributed by atoms with E-state index in [1.165, 1.54) is 6.08 Å². The second-order valence-electron chi connectivity index (χ2n) is 4.92. The van der Waals surface area contributed by atoms with Crippen LogP contribution in [0.15, 0.2) is 54.6 Å². The summed E-state index contributed by atoms with van der Waals surface area (Å²) in [6.07, 6.45) is 3.03. The Hall–Kier alpha value is -3.08. The number of carbonyl (C=O) groups is 2. The first kappa shape index (κ1) is 16.3. The lowest BCUT2D eigenvalue weighted by molar-refractivity contribution is -0.117. The topological polar surface area (TPSA) is 67.4 Å². The molecule has 0 unspecified atom stereocenters. The maximum absolute atomic E-state index is 11.9. The summed E-state index contributed by atoms with van der Waals surface area (Å²) in [5.74, 6) is -0.149. The van der Waals surface area contributed by atoms with Crippen LogP contribution >= 0.6 is 0 Å². The lowest BCUT2D eigenvalue weighted by atomic mass is 10.1. The van der Waals surface area contributed by atoms with Gasteiger partial charge in [0.2, 0.25) is 0 Å². The molecule has 0 heterocycles. The van der Waals surface area contributed by atoms with Gasteiger partial charge in [-0.25, -0.2) is 0 Å². The number of hydrazine groups is 1. The summed E-state index contributed by atoms with van der Waals surface area (Å²) in [7, 11) is 1.55. The Morgan fingerprint density at radius 3 is 2.22 bits per heavy atom. The molecule has 0 radical (unpaired) electrons. The number of nitrogens with one attached hydrogen (secondary N) is 2. The average Bonchev–Trinajstić information content (AvgIpc) is 2.59. The van der Waals surface area contributed by atoms with E-state index in [-0.39, 0.29) is 0 Å². The van der Waals surface area contributed by atoms with E-state index in [1.54, 1.807) is 37.5 Å². The molecule has 0 saturated carbocycles. The van der Waals surface area contributed by atoms with Crippen molar-refractivity contribution < 1.29 is 14.3 Å². The molecular weight excluding hydrogens is 292 g/mol. The van der Waals surface area contributed by atoms with Crippen LogP contribution in [0, 0.1) is 6.92 Å². The molecule has 2 aromatic carbocycles. The van der Waals surface area contributed by atoms with Gasteiger partial charge < -0.3 is 4.74 Å². The summed E-state index contributed by atoms with van der Waals surface area (Å²) in [5.41, 5.74) is 7.17. The minimum atomic E-state index is -0.410. The quantitative estimate of drug-likeness (QED) is 0.673. The molecule has 2 N–H and O–H groups in total. The van der Waals surface area contributed by atoms with E-state index in [0.717, 1.165) is 11.1 Å². The predicted molar refractivity (Wildman–Crippen MR) is 88.8 cm³/mol. The molecule has 2 rings (SSSR count). The van der Waals surface area contributed by atoms with Crippen molar-refractivity contribution >= 4 is 17.9 Å². The van der Waals surface area contributed by atoms with E-state index in [4.69, 9.17) is 4.74 Å². The van der Waals surface area contributed by atoms with Gasteiger partial charge >= 0.3 is 0 Å². The normalized spacial score (nSPS) is 10.3. The Bertz CT molecular complexity index is 704. The first-order valence-corrected chi connectivity index (χ1v) is 7.07. The highest BCUT2D eigenvalue weighted by atomic mass is 16.5. The number of rotatable bonds is 4. The first-order chi connectivity index (χ1) is 11.1. The first-order valence-electron chi connectivity index (χ1n) is 7.07. The second-order valence-corrected chi connectivity index (χ2v) is 4.92. The number of carbonyl (C=O) groups excluding carboxylic acids is 2. The highest BCUT2D eigenvalue weighted by molar-refractivity contribution is 5.97. The SMILES string of the molecule is COc1ccc(C(=O)NNC(=O)C=Cc2ccc(C)cc2)cc1. The number of methoxy groups -OCH3 is 1. The minimum absolute atomic E-state index is 0.398. The summed E-state index contributed by atoms with van der Waals surface area (Å²) in [4.78, 5) is 23.6. The summed E-state index contributed by atoms with van der Waals surface area (Å²) >= 11 is 0. The number of ether oxygens (including phenoxy) is 1. The largest absolute Gasteiger partial charge is 0.497 e. The fourth-order valence-electron chi connectivity index (χ4n) is 1.82. The van der Waals surface area contributed by atoms with Crippen molar-refractivity contribution in [2.75, 3.05) is 7.11 Å². The molecule has 2 amide bonds. The lowest BCUT2D eigenvalue weighted by Gasteiger charge is -2.06. The summed E-state index contributed by atoms with van der Waals surface area (Å²) in [6, 6.07) is 14.3. The van der Waals surface area contributed by atoms with Crippen molar-refractivity contribution in [3.05, 3.63) is 71.3 Å². The van der Waals surface area contributed by atoms with Crippen LogP contribution in [0.2, 0.25) is 0 Å². The molecule has 23 heavy (non-hydrogen) atoms. The van der Waals surface area contributed by atoms with E-state index in [2.05, 4.69) is 10.9 Å². The monoisotopic (exact) mass is 310 g/mol. The molecule has 0 bridgehead atoms. The molecule has 0 aromatic heterocycles. The summed E-state index contributed by atoms with van der Waals surface area (Å²) < 4.78 is 5.02. The van der Waals surface area contributed by atoms with E-state index in [0.29, 0.717) is 11.3 Å². The van der Waals surface area contributed by atoms with Gasteiger partial charge in [0.25, 0.3) is 11.8 Å². The van der Waals surface area contributed by atoms with Crippen LogP contribution in [-0.2, 0) is 4.79 Å². The third kappa shape index (κ3) is 5.00. The van der Waals surface area contributed by atoms with Gasteiger partial charge in [-0.15, -0.1) is 0 Å². The zero-order valence-electron chi connectivity index (χ0n) is 13.0. The van der Waals surface area contributed by atoms with E-state index >= 15 is 0 Å². The van der Waals surface area contributed by atoms with Crippen LogP contribution in [0.5, 0.6) is 5.75 Å². The number of hydrogen-bond donors (Lipinski definition) is 2. The van der Waals surface area contributed by atoms with Gasteiger partial charge in [0, 0.05) is 11.6 Å². The van der Waals surface area contributed by atoms with Crippen LogP contribution in [0.4, 0.5) is 0 Å². The van der Waals surface area contributed by atoms with Crippen LogP contribution < -0.4 is 15.6 Å². The Morgan fingerprint density at radius 1 is 0.957 bits per heavy atom. The van der Waals surface area contributed by atoms with Crippen LogP contribution in [0.3, 0.4) is 0 Å². The number of amides is 2. The van der Waals surface area contributed by atoms with Gasteiger partial charge in [0.05, 0.1) is 7.11 Å². The summed E-state index contributed by atoms with van der Waals surface area (Å²) in [5, 5.41) is 0. The molecule has 0 atom stereocenters. The second kappa shape index (κ2) is 7.79. The maximum Gasteiger partial charge on any atom is 0.269 e. The number of aryl methyl sites for hydroxylation is 1. The molecule has 0 fully saturated rings. The summed E-state index contributed by atoms with van der Waals surface area (Å²) in [6.45, 7) is 1.99. The molecule has 0 saturated heterocycles.